The molecular formula is C24H26N4O2S. The van der Waals surface area contributed by atoms with Crippen molar-refractivity contribution in [1.29, 1.82) is 0 Å². The van der Waals surface area contributed by atoms with Crippen LogP contribution in [0.25, 0.3) is 0 Å². The number of hydrogen-bond acceptors (Lipinski definition) is 5. The van der Waals surface area contributed by atoms with Gasteiger partial charge >= 0.3 is 0 Å². The second-order valence-electron chi connectivity index (χ2n) is 7.93. The number of aromatic nitrogens is 2. The third-order valence-corrected chi connectivity index (χ3v) is 6.69. The summed E-state index contributed by atoms with van der Waals surface area (Å²) in [7, 11) is 0. The van der Waals surface area contributed by atoms with E-state index in [1.165, 1.54) is 22.6 Å². The summed E-state index contributed by atoms with van der Waals surface area (Å²) in [6, 6.07) is 14.5. The highest BCUT2D eigenvalue weighted by molar-refractivity contribution is 7.14. The number of hydrogen-bond donors (Lipinski definition) is 1. The molecule has 0 aliphatic carbocycles. The zero-order valence-corrected chi connectivity index (χ0v) is 18.2. The number of para-hydroxylation sites is 1. The van der Waals surface area contributed by atoms with Gasteiger partial charge in [0.2, 0.25) is 0 Å². The van der Waals surface area contributed by atoms with Crippen LogP contribution in [0, 0.1) is 0 Å². The summed E-state index contributed by atoms with van der Waals surface area (Å²) in [6.45, 7) is 3.15. The fraction of sp³-hybridized carbons (Fsp3) is 0.333. The van der Waals surface area contributed by atoms with E-state index < -0.39 is 0 Å². The van der Waals surface area contributed by atoms with Gasteiger partial charge in [-0.3, -0.25) is 10.1 Å². The summed E-state index contributed by atoms with van der Waals surface area (Å²) in [4.78, 5) is 20.1. The van der Waals surface area contributed by atoms with Crippen LogP contribution in [0.1, 0.15) is 41.5 Å². The number of thiazole rings is 1. The molecule has 0 bridgehead atoms. The van der Waals surface area contributed by atoms with E-state index in [0.29, 0.717) is 17.4 Å². The molecule has 31 heavy (non-hydrogen) atoms. The molecule has 1 fully saturated rings. The lowest BCUT2D eigenvalue weighted by Gasteiger charge is -2.25. The highest BCUT2D eigenvalue weighted by Gasteiger charge is 2.28. The van der Waals surface area contributed by atoms with Gasteiger partial charge in [-0.1, -0.05) is 24.3 Å². The molecule has 5 rings (SSSR count). The van der Waals surface area contributed by atoms with E-state index in [2.05, 4.69) is 45.9 Å². The van der Waals surface area contributed by atoms with Crippen molar-refractivity contribution in [3.63, 3.8) is 0 Å². The Labute approximate surface area is 186 Å². The summed E-state index contributed by atoms with van der Waals surface area (Å²) >= 11 is 1.49. The third-order valence-electron chi connectivity index (χ3n) is 5.92. The molecule has 1 amide bonds. The van der Waals surface area contributed by atoms with Crippen molar-refractivity contribution < 1.29 is 9.53 Å². The van der Waals surface area contributed by atoms with Gasteiger partial charge in [0, 0.05) is 30.4 Å². The van der Waals surface area contributed by atoms with E-state index in [9.17, 15) is 4.79 Å². The number of anilines is 2. The van der Waals surface area contributed by atoms with Crippen LogP contribution in [0.2, 0.25) is 0 Å². The average molecular weight is 435 g/mol. The molecule has 1 N–H and O–H groups in total. The fourth-order valence-electron chi connectivity index (χ4n) is 4.35. The standard InChI is InChI=1S/C24H26N4O2S/c29-23(22-9-4-12-27(22)16-18-10-14-30-15-11-18)26-24-25-20(17-31-24)21-8-5-13-28(21)19-6-2-1-3-7-19/h1-4,6-7,9-10,12,17,21H,5,8,11,13-16H2,(H,25,26,29)/t21-/m1/s1. The van der Waals surface area contributed by atoms with Crippen molar-refractivity contribution in [2.45, 2.75) is 31.8 Å². The molecule has 2 aliphatic rings. The molecule has 0 spiro atoms. The van der Waals surface area contributed by atoms with Crippen LogP contribution in [0.4, 0.5) is 10.8 Å². The number of nitrogens with zero attached hydrogens (tertiary/aromatic N) is 3. The number of rotatable bonds is 6. The Morgan fingerprint density at radius 3 is 2.97 bits per heavy atom. The van der Waals surface area contributed by atoms with E-state index in [1.807, 2.05) is 29.0 Å². The molecule has 1 aromatic carbocycles. The summed E-state index contributed by atoms with van der Waals surface area (Å²) < 4.78 is 7.38. The summed E-state index contributed by atoms with van der Waals surface area (Å²) in [5.74, 6) is -0.120. The van der Waals surface area contributed by atoms with Crippen LogP contribution < -0.4 is 10.2 Å². The minimum absolute atomic E-state index is 0.120. The zero-order valence-electron chi connectivity index (χ0n) is 17.4. The zero-order chi connectivity index (χ0) is 21.0. The average Bonchev–Trinajstić information content (AvgIpc) is 3.56. The molecular weight excluding hydrogens is 408 g/mol. The van der Waals surface area contributed by atoms with Crippen LogP contribution in [-0.2, 0) is 11.3 Å². The van der Waals surface area contributed by atoms with Gasteiger partial charge in [-0.05, 0) is 49.1 Å². The number of ether oxygens (including phenoxy) is 1. The lowest BCUT2D eigenvalue weighted by atomic mass is 10.1. The van der Waals surface area contributed by atoms with E-state index >= 15 is 0 Å². The van der Waals surface area contributed by atoms with Crippen molar-refractivity contribution >= 4 is 28.1 Å². The van der Waals surface area contributed by atoms with Crippen LogP contribution in [-0.4, -0.2) is 35.2 Å². The minimum atomic E-state index is -0.120. The quantitative estimate of drug-likeness (QED) is 0.562. The van der Waals surface area contributed by atoms with Gasteiger partial charge in [-0.25, -0.2) is 4.98 Å². The summed E-state index contributed by atoms with van der Waals surface area (Å²) in [5.41, 5.74) is 4.21. The summed E-state index contributed by atoms with van der Waals surface area (Å²) in [5, 5.41) is 5.73. The Morgan fingerprint density at radius 1 is 1.23 bits per heavy atom. The van der Waals surface area contributed by atoms with Crippen LogP contribution in [0.5, 0.6) is 0 Å². The van der Waals surface area contributed by atoms with Gasteiger partial charge in [0.05, 0.1) is 24.9 Å². The first-order valence-corrected chi connectivity index (χ1v) is 11.6. The maximum atomic E-state index is 12.9. The molecule has 0 saturated carbocycles. The lowest BCUT2D eigenvalue weighted by Crippen LogP contribution is -2.22. The predicted molar refractivity (Wildman–Crippen MR) is 124 cm³/mol. The van der Waals surface area contributed by atoms with Gasteiger partial charge < -0.3 is 14.2 Å². The number of amides is 1. The Hall–Kier alpha value is -2.90. The van der Waals surface area contributed by atoms with Crippen LogP contribution in [0.3, 0.4) is 0 Å². The molecule has 6 nitrogen and oxygen atoms in total. The fourth-order valence-corrected chi connectivity index (χ4v) is 5.10. The second kappa shape index (κ2) is 9.08. The first-order valence-electron chi connectivity index (χ1n) is 10.8. The van der Waals surface area contributed by atoms with Gasteiger partial charge in [-0.2, -0.15) is 0 Å². The van der Waals surface area contributed by atoms with E-state index in [1.54, 1.807) is 0 Å². The molecule has 0 unspecified atom stereocenters. The Bertz CT molecular complexity index is 1070. The molecule has 0 radical (unpaired) electrons. The first kappa shape index (κ1) is 20.0. The largest absolute Gasteiger partial charge is 0.377 e. The molecule has 1 atom stereocenters. The lowest BCUT2D eigenvalue weighted by molar-refractivity contribution is 0.101. The third kappa shape index (κ3) is 4.43. The number of nitrogens with one attached hydrogen (secondary N) is 1. The van der Waals surface area contributed by atoms with Gasteiger partial charge in [0.1, 0.15) is 5.69 Å². The maximum Gasteiger partial charge on any atom is 0.274 e. The van der Waals surface area contributed by atoms with Crippen molar-refractivity contribution in [3.05, 3.63) is 77.1 Å². The normalized spacial score (nSPS) is 18.8. The number of carbonyl (C=O) groups is 1. The minimum Gasteiger partial charge on any atom is -0.377 e. The van der Waals surface area contributed by atoms with Crippen molar-refractivity contribution in [1.82, 2.24) is 9.55 Å². The summed E-state index contributed by atoms with van der Waals surface area (Å²) in [6.07, 6.45) is 7.20. The van der Waals surface area contributed by atoms with Crippen molar-refractivity contribution in [3.8, 4) is 0 Å². The molecule has 160 valence electrons. The maximum absolute atomic E-state index is 12.9. The van der Waals surface area contributed by atoms with Crippen LogP contribution in [0.15, 0.2) is 65.7 Å². The Balaban J connectivity index is 1.28. The van der Waals surface area contributed by atoms with Crippen LogP contribution >= 0.6 is 11.3 Å². The smallest absolute Gasteiger partial charge is 0.274 e. The van der Waals surface area contributed by atoms with Crippen molar-refractivity contribution in [2.75, 3.05) is 30.0 Å². The van der Waals surface area contributed by atoms with E-state index in [-0.39, 0.29) is 11.9 Å². The molecule has 4 heterocycles. The van der Waals surface area contributed by atoms with Gasteiger partial charge in [0.25, 0.3) is 5.91 Å². The van der Waals surface area contributed by atoms with E-state index in [0.717, 1.165) is 44.7 Å². The van der Waals surface area contributed by atoms with Crippen molar-refractivity contribution in [2.24, 2.45) is 0 Å². The van der Waals surface area contributed by atoms with Gasteiger partial charge in [0.15, 0.2) is 5.13 Å². The Morgan fingerprint density at radius 2 is 2.13 bits per heavy atom. The molecule has 7 heteroatoms. The molecule has 1 saturated heterocycles. The van der Waals surface area contributed by atoms with E-state index in [4.69, 9.17) is 9.72 Å². The highest BCUT2D eigenvalue weighted by Crippen LogP contribution is 2.37. The first-order chi connectivity index (χ1) is 15.3. The second-order valence-corrected chi connectivity index (χ2v) is 8.79. The van der Waals surface area contributed by atoms with Gasteiger partial charge in [-0.15, -0.1) is 11.3 Å². The topological polar surface area (TPSA) is 59.4 Å². The molecule has 2 aliphatic heterocycles. The predicted octanol–water partition coefficient (Wildman–Crippen LogP) is 4.89. The molecule has 2 aromatic heterocycles. The Kier molecular flexibility index (Phi) is 5.86. The molecule has 3 aromatic rings. The SMILES string of the molecule is O=C(Nc1nc([C@H]2CCCN2c2ccccc2)cs1)c1cccn1CC1=CCOCC1. The highest BCUT2D eigenvalue weighted by atomic mass is 32.1. The monoisotopic (exact) mass is 434 g/mol. The number of carbonyl (C=O) groups excluding carboxylic acids is 1. The number of benzene rings is 1.